The molecule has 0 saturated carbocycles. The Morgan fingerprint density at radius 3 is 1.00 bits per heavy atom. The Labute approximate surface area is 62.8 Å². The van der Waals surface area contributed by atoms with Gasteiger partial charge in [0.25, 0.3) is 0 Å². The van der Waals surface area contributed by atoms with Crippen molar-refractivity contribution in [2.75, 3.05) is 0 Å². The van der Waals surface area contributed by atoms with E-state index in [-0.39, 0.29) is 63.1 Å². The van der Waals surface area contributed by atoms with E-state index >= 15 is 0 Å². The second kappa shape index (κ2) is 23.6. The molecule has 2 nitrogen and oxygen atoms in total. The summed E-state index contributed by atoms with van der Waals surface area (Å²) in [6.07, 6.45) is 0. The molecule has 0 unspecified atom stereocenters. The molecule has 0 heterocycles. The minimum Gasteiger partial charge on any atom is -1.00 e. The van der Waals surface area contributed by atoms with Crippen molar-refractivity contribution < 1.29 is 40.0 Å². The van der Waals surface area contributed by atoms with Gasteiger partial charge in [0.1, 0.15) is 0 Å². The fourth-order valence-electron chi connectivity index (χ4n) is 0. The molecule has 0 aliphatic rings. The van der Waals surface area contributed by atoms with Crippen LogP contribution >= 0.6 is 0 Å². The van der Waals surface area contributed by atoms with Gasteiger partial charge in [0.15, 0.2) is 0 Å². The topological polar surface area (TPSA) is 63.0 Å². The zero-order valence-corrected chi connectivity index (χ0v) is 6.08. The molecule has 0 aliphatic carbocycles. The van der Waals surface area contributed by atoms with Crippen LogP contribution in [0.2, 0.25) is 0 Å². The first-order chi connectivity index (χ1) is 0. The molecule has 24 valence electrons. The van der Waals surface area contributed by atoms with Crippen molar-refractivity contribution in [3.8, 4) is 0 Å². The van der Waals surface area contributed by atoms with Gasteiger partial charge in [-0.05, 0) is 0 Å². The molecular formula is H6MgO2Zr. The van der Waals surface area contributed by atoms with E-state index < -0.39 is 0 Å². The summed E-state index contributed by atoms with van der Waals surface area (Å²) in [6.45, 7) is 0. The maximum Gasteiger partial charge on any atom is 2.00 e. The van der Waals surface area contributed by atoms with Crippen LogP contribution < -0.4 is 0 Å². The molecule has 0 aromatic carbocycles. The third-order valence-corrected chi connectivity index (χ3v) is 0. The first kappa shape index (κ1) is 47.2. The number of rotatable bonds is 0. The molecule has 0 aliphatic heterocycles. The van der Waals surface area contributed by atoms with Gasteiger partial charge in [0.2, 0.25) is 0 Å². The predicted molar refractivity (Wildman–Crippen MR) is 15.2 cm³/mol. The fraction of sp³-hybridized carbons (Fsp3) is 0. The molecule has 0 aromatic heterocycles. The van der Waals surface area contributed by atoms with E-state index in [0.717, 1.165) is 0 Å². The summed E-state index contributed by atoms with van der Waals surface area (Å²) in [7, 11) is 0. The van der Waals surface area contributed by atoms with Crippen LogP contribution in [-0.2, 0) is 26.2 Å². The Morgan fingerprint density at radius 1 is 1.00 bits per heavy atom. The molecule has 0 atom stereocenters. The summed E-state index contributed by atoms with van der Waals surface area (Å²) in [5.74, 6) is 0. The van der Waals surface area contributed by atoms with Gasteiger partial charge in [0, 0.05) is 26.2 Å². The van der Waals surface area contributed by atoms with Crippen molar-refractivity contribution in [1.82, 2.24) is 0 Å². The number of hydrogen-bond donors (Lipinski definition) is 0. The molecule has 0 amide bonds. The van der Waals surface area contributed by atoms with Crippen molar-refractivity contribution in [2.24, 2.45) is 0 Å². The normalized spacial score (nSPS) is 0. The van der Waals surface area contributed by atoms with Gasteiger partial charge in [-0.25, -0.2) is 0 Å². The molecule has 0 radical (unpaired) electrons. The summed E-state index contributed by atoms with van der Waals surface area (Å²) in [5, 5.41) is 0. The van der Waals surface area contributed by atoms with Crippen LogP contribution in [0.5, 0.6) is 0 Å². The average molecular weight is 154 g/mol. The third-order valence-electron chi connectivity index (χ3n) is 0. The minimum atomic E-state index is 0. The second-order valence-electron chi connectivity index (χ2n) is 0. The molecule has 0 rings (SSSR count). The molecule has 4 heavy (non-hydrogen) atoms. The van der Waals surface area contributed by atoms with E-state index in [0.29, 0.717) is 0 Å². The second-order valence-corrected chi connectivity index (χ2v) is 0. The SMILES string of the molecule is O.O.[H-].[H-].[Mg+2].[Zr]. The van der Waals surface area contributed by atoms with E-state index in [2.05, 4.69) is 0 Å². The van der Waals surface area contributed by atoms with Gasteiger partial charge in [-0.15, -0.1) is 0 Å². The molecule has 0 bridgehead atoms. The maximum absolute atomic E-state index is 0. The summed E-state index contributed by atoms with van der Waals surface area (Å²) < 4.78 is 0. The van der Waals surface area contributed by atoms with E-state index in [1.54, 1.807) is 0 Å². The summed E-state index contributed by atoms with van der Waals surface area (Å²) in [4.78, 5) is 0. The Hall–Kier alpha value is 1.57. The molecule has 0 aromatic rings. The van der Waals surface area contributed by atoms with Crippen molar-refractivity contribution in [3.63, 3.8) is 0 Å². The molecule has 0 spiro atoms. The predicted octanol–water partition coefficient (Wildman–Crippen LogP) is -1.81. The zero-order valence-electron chi connectivity index (χ0n) is 4.21. The van der Waals surface area contributed by atoms with Crippen molar-refractivity contribution in [1.29, 1.82) is 0 Å². The van der Waals surface area contributed by atoms with Crippen LogP contribution in [0.25, 0.3) is 0 Å². The first-order valence-corrected chi connectivity index (χ1v) is 0. The monoisotopic (exact) mass is 152 g/mol. The smallest absolute Gasteiger partial charge is 1.00 e. The van der Waals surface area contributed by atoms with Crippen LogP contribution in [0.1, 0.15) is 2.85 Å². The van der Waals surface area contributed by atoms with Crippen LogP contribution in [-0.4, -0.2) is 34.0 Å². The van der Waals surface area contributed by atoms with Gasteiger partial charge < -0.3 is 13.8 Å². The van der Waals surface area contributed by atoms with Gasteiger partial charge in [-0.1, -0.05) is 0 Å². The number of hydrogen-bond acceptors (Lipinski definition) is 0. The Bertz CT molecular complexity index is 11.5. The standard InChI is InChI=1S/Mg.2H2O.Zr.2H/h;2*1H2;;;/q+2;;;;2*-1. The molecule has 0 saturated heterocycles. The molecule has 4 N–H and O–H groups in total. The van der Waals surface area contributed by atoms with Gasteiger partial charge in [-0.2, -0.15) is 0 Å². The third kappa shape index (κ3) is 9.57. The first-order valence-electron chi connectivity index (χ1n) is 0. The van der Waals surface area contributed by atoms with Crippen molar-refractivity contribution in [2.45, 2.75) is 0 Å². The van der Waals surface area contributed by atoms with Crippen molar-refractivity contribution in [3.05, 3.63) is 0 Å². The van der Waals surface area contributed by atoms with E-state index in [1.165, 1.54) is 0 Å². The minimum absolute atomic E-state index is 0. The van der Waals surface area contributed by atoms with Gasteiger partial charge in [-0.3, -0.25) is 0 Å². The summed E-state index contributed by atoms with van der Waals surface area (Å²) in [5.41, 5.74) is 0. The maximum atomic E-state index is 0. The van der Waals surface area contributed by atoms with Crippen LogP contribution in [0.15, 0.2) is 0 Å². The summed E-state index contributed by atoms with van der Waals surface area (Å²) >= 11 is 0. The summed E-state index contributed by atoms with van der Waals surface area (Å²) in [6, 6.07) is 0. The quantitative estimate of drug-likeness (QED) is 0.369. The van der Waals surface area contributed by atoms with Crippen LogP contribution in [0.3, 0.4) is 0 Å². The van der Waals surface area contributed by atoms with E-state index in [1.807, 2.05) is 0 Å². The van der Waals surface area contributed by atoms with E-state index in [9.17, 15) is 0 Å². The van der Waals surface area contributed by atoms with E-state index in [4.69, 9.17) is 0 Å². The Balaban J connectivity index is 0. The molecule has 0 fully saturated rings. The van der Waals surface area contributed by atoms with Gasteiger partial charge in [0.05, 0.1) is 0 Å². The Kier molecular flexibility index (Phi) is 279. The molecular weight excluding hydrogens is 148 g/mol. The Morgan fingerprint density at radius 2 is 1.00 bits per heavy atom. The van der Waals surface area contributed by atoms with Crippen LogP contribution in [0, 0.1) is 0 Å². The van der Waals surface area contributed by atoms with Crippen molar-refractivity contribution >= 4 is 23.1 Å². The largest absolute Gasteiger partial charge is 2.00 e. The average Bonchev–Trinajstić information content (AvgIpc) is 0. The van der Waals surface area contributed by atoms with Gasteiger partial charge >= 0.3 is 23.1 Å². The molecule has 4 heteroatoms. The van der Waals surface area contributed by atoms with Crippen LogP contribution in [0.4, 0.5) is 0 Å². The fourth-order valence-corrected chi connectivity index (χ4v) is 0. The zero-order chi connectivity index (χ0) is 0.